The normalized spacial score (nSPS) is 16.7. The number of halogens is 2. The van der Waals surface area contributed by atoms with Crippen LogP contribution in [0.3, 0.4) is 0 Å². The summed E-state index contributed by atoms with van der Waals surface area (Å²) in [6.45, 7) is 0.950. The summed E-state index contributed by atoms with van der Waals surface area (Å²) < 4.78 is 43.3. The summed E-state index contributed by atoms with van der Waals surface area (Å²) in [5.74, 6) is -0.0911. The summed E-state index contributed by atoms with van der Waals surface area (Å²) in [7, 11) is 3.05. The van der Waals surface area contributed by atoms with Gasteiger partial charge in [-0.1, -0.05) is 0 Å². The van der Waals surface area contributed by atoms with E-state index in [4.69, 9.17) is 14.2 Å². The number of benzene rings is 2. The number of ether oxygens (including phenoxy) is 3. The van der Waals surface area contributed by atoms with Gasteiger partial charge >= 0.3 is 0 Å². The van der Waals surface area contributed by atoms with E-state index in [0.717, 1.165) is 31.0 Å². The molecule has 7 heteroatoms. The molecule has 1 amide bonds. The largest absolute Gasteiger partial charge is 0.497 e. The topological polar surface area (TPSA) is 48.0 Å². The fraction of sp³-hybridized carbons (Fsp3) is 0.381. The van der Waals surface area contributed by atoms with E-state index in [1.165, 1.54) is 14.2 Å². The van der Waals surface area contributed by atoms with Crippen molar-refractivity contribution in [2.75, 3.05) is 27.3 Å². The minimum absolute atomic E-state index is 0.0384. The van der Waals surface area contributed by atoms with Gasteiger partial charge in [-0.3, -0.25) is 4.79 Å². The molecule has 1 aliphatic rings. The Morgan fingerprint density at radius 1 is 1.11 bits per heavy atom. The number of hydrogen-bond acceptors (Lipinski definition) is 4. The van der Waals surface area contributed by atoms with Crippen LogP contribution in [0.15, 0.2) is 36.4 Å². The first-order valence-electron chi connectivity index (χ1n) is 9.08. The molecule has 1 fully saturated rings. The number of carbonyl (C=O) groups is 1. The number of piperidine rings is 1. The molecule has 0 aliphatic carbocycles. The lowest BCUT2D eigenvalue weighted by Gasteiger charge is -2.33. The molecule has 1 aliphatic heterocycles. The monoisotopic (exact) mass is 391 g/mol. The second kappa shape index (κ2) is 9.01. The Labute approximate surface area is 162 Å². The summed E-state index contributed by atoms with van der Waals surface area (Å²) in [5, 5.41) is 0. The maximum atomic E-state index is 13.8. The van der Waals surface area contributed by atoms with Gasteiger partial charge in [0.05, 0.1) is 26.9 Å². The zero-order chi connectivity index (χ0) is 20.1. The summed E-state index contributed by atoms with van der Waals surface area (Å²) in [5.41, 5.74) is 0.633. The van der Waals surface area contributed by atoms with Crippen LogP contribution >= 0.6 is 0 Å². The zero-order valence-electron chi connectivity index (χ0n) is 15.9. The number of likely N-dealkylation sites (tertiary alicyclic amines) is 1. The minimum Gasteiger partial charge on any atom is -0.497 e. The molecule has 1 atom stereocenters. The van der Waals surface area contributed by atoms with Gasteiger partial charge in [-0.15, -0.1) is 0 Å². The van der Waals surface area contributed by atoms with E-state index in [-0.39, 0.29) is 24.2 Å². The van der Waals surface area contributed by atoms with Crippen molar-refractivity contribution in [2.45, 2.75) is 25.6 Å². The van der Waals surface area contributed by atoms with Crippen LogP contribution in [0.2, 0.25) is 0 Å². The lowest BCUT2D eigenvalue weighted by Crippen LogP contribution is -2.43. The van der Waals surface area contributed by atoms with Crippen LogP contribution in [0.25, 0.3) is 0 Å². The smallest absolute Gasteiger partial charge is 0.254 e. The SMILES string of the molecule is COc1cc(OC)cc(C(=O)N2CCC[C@@H](OCc3cc(F)ccc3F)C2)c1. The Kier molecular flexibility index (Phi) is 6.46. The van der Waals surface area contributed by atoms with Gasteiger partial charge in [0.15, 0.2) is 0 Å². The van der Waals surface area contributed by atoms with Gasteiger partial charge in [0, 0.05) is 30.3 Å². The van der Waals surface area contributed by atoms with E-state index in [0.29, 0.717) is 30.2 Å². The first-order valence-corrected chi connectivity index (χ1v) is 9.08. The molecule has 1 saturated heterocycles. The van der Waals surface area contributed by atoms with E-state index in [9.17, 15) is 13.6 Å². The Morgan fingerprint density at radius 2 is 1.82 bits per heavy atom. The average Bonchev–Trinajstić information content (AvgIpc) is 2.73. The number of hydrogen-bond donors (Lipinski definition) is 0. The van der Waals surface area contributed by atoms with E-state index in [1.54, 1.807) is 23.1 Å². The van der Waals surface area contributed by atoms with Crippen molar-refractivity contribution in [3.8, 4) is 11.5 Å². The summed E-state index contributed by atoms with van der Waals surface area (Å²) in [6, 6.07) is 8.31. The number of rotatable bonds is 6. The number of carbonyl (C=O) groups excluding carboxylic acids is 1. The van der Waals surface area contributed by atoms with Gasteiger partial charge in [0.25, 0.3) is 5.91 Å². The third kappa shape index (κ3) is 4.78. The highest BCUT2D eigenvalue weighted by Gasteiger charge is 2.26. The van der Waals surface area contributed by atoms with Crippen molar-refractivity contribution >= 4 is 5.91 Å². The van der Waals surface area contributed by atoms with Gasteiger partial charge in [-0.25, -0.2) is 8.78 Å². The van der Waals surface area contributed by atoms with Crippen LogP contribution in [0.5, 0.6) is 11.5 Å². The van der Waals surface area contributed by atoms with Crippen LogP contribution in [0, 0.1) is 11.6 Å². The van der Waals surface area contributed by atoms with Crippen molar-refractivity contribution in [1.82, 2.24) is 4.90 Å². The summed E-state index contributed by atoms with van der Waals surface area (Å²) >= 11 is 0. The van der Waals surface area contributed by atoms with Crippen LogP contribution in [0.4, 0.5) is 8.78 Å². The molecular formula is C21H23F2NO4. The third-order valence-corrected chi connectivity index (χ3v) is 4.75. The lowest BCUT2D eigenvalue weighted by molar-refractivity contribution is -0.00770. The average molecular weight is 391 g/mol. The predicted octanol–water partition coefficient (Wildman–Crippen LogP) is 3.80. The highest BCUT2D eigenvalue weighted by atomic mass is 19.1. The van der Waals surface area contributed by atoms with Crippen molar-refractivity contribution in [2.24, 2.45) is 0 Å². The third-order valence-electron chi connectivity index (χ3n) is 4.75. The fourth-order valence-electron chi connectivity index (χ4n) is 3.23. The Morgan fingerprint density at radius 3 is 2.50 bits per heavy atom. The molecule has 2 aromatic rings. The molecule has 28 heavy (non-hydrogen) atoms. The first kappa shape index (κ1) is 20.1. The molecule has 0 saturated carbocycles. The van der Waals surface area contributed by atoms with E-state index >= 15 is 0 Å². The maximum absolute atomic E-state index is 13.8. The van der Waals surface area contributed by atoms with Crippen molar-refractivity contribution < 1.29 is 27.8 Å². The molecule has 0 aromatic heterocycles. The first-order chi connectivity index (χ1) is 13.5. The molecule has 0 bridgehead atoms. The van der Waals surface area contributed by atoms with Crippen LogP contribution in [0.1, 0.15) is 28.8 Å². The second-order valence-electron chi connectivity index (χ2n) is 6.66. The Balaban J connectivity index is 1.66. The predicted molar refractivity (Wildman–Crippen MR) is 99.6 cm³/mol. The summed E-state index contributed by atoms with van der Waals surface area (Å²) in [6.07, 6.45) is 1.28. The molecule has 150 valence electrons. The molecule has 1 heterocycles. The molecule has 3 rings (SSSR count). The fourth-order valence-corrected chi connectivity index (χ4v) is 3.23. The highest BCUT2D eigenvalue weighted by Crippen LogP contribution is 2.25. The maximum Gasteiger partial charge on any atom is 0.254 e. The van der Waals surface area contributed by atoms with E-state index < -0.39 is 11.6 Å². The van der Waals surface area contributed by atoms with Gasteiger partial charge in [0.2, 0.25) is 0 Å². The Bertz CT molecular complexity index is 821. The summed E-state index contributed by atoms with van der Waals surface area (Å²) in [4.78, 5) is 14.6. The van der Waals surface area contributed by atoms with E-state index in [2.05, 4.69) is 0 Å². The zero-order valence-corrected chi connectivity index (χ0v) is 15.9. The van der Waals surface area contributed by atoms with Gasteiger partial charge in [-0.05, 0) is 43.2 Å². The molecule has 0 unspecified atom stereocenters. The molecule has 5 nitrogen and oxygen atoms in total. The van der Waals surface area contributed by atoms with Crippen LogP contribution in [-0.4, -0.2) is 44.2 Å². The van der Waals surface area contributed by atoms with Gasteiger partial charge in [0.1, 0.15) is 23.1 Å². The minimum atomic E-state index is -0.507. The van der Waals surface area contributed by atoms with Gasteiger partial charge in [-0.2, -0.15) is 0 Å². The number of amides is 1. The van der Waals surface area contributed by atoms with Gasteiger partial charge < -0.3 is 19.1 Å². The standard InChI is InChI=1S/C21H23F2NO4/c1-26-18-9-14(10-19(11-18)27-2)21(25)24-7-3-4-17(12-24)28-13-15-8-16(22)5-6-20(15)23/h5-6,8-11,17H,3-4,7,12-13H2,1-2H3/t17-/m1/s1. The highest BCUT2D eigenvalue weighted by molar-refractivity contribution is 5.95. The lowest BCUT2D eigenvalue weighted by atomic mass is 10.1. The van der Waals surface area contributed by atoms with Crippen molar-refractivity contribution in [3.05, 3.63) is 59.2 Å². The second-order valence-corrected chi connectivity index (χ2v) is 6.66. The number of methoxy groups -OCH3 is 2. The van der Waals surface area contributed by atoms with Crippen LogP contribution in [-0.2, 0) is 11.3 Å². The van der Waals surface area contributed by atoms with E-state index in [1.807, 2.05) is 0 Å². The molecule has 0 spiro atoms. The van der Waals surface area contributed by atoms with Crippen molar-refractivity contribution in [3.63, 3.8) is 0 Å². The quantitative estimate of drug-likeness (QED) is 0.752. The molecular weight excluding hydrogens is 368 g/mol. The molecule has 0 N–H and O–H groups in total. The molecule has 0 radical (unpaired) electrons. The number of nitrogens with zero attached hydrogens (tertiary/aromatic N) is 1. The molecule has 2 aromatic carbocycles. The van der Waals surface area contributed by atoms with Crippen LogP contribution < -0.4 is 9.47 Å². The Hall–Kier alpha value is -2.67. The van der Waals surface area contributed by atoms with Crippen molar-refractivity contribution in [1.29, 1.82) is 0 Å².